The zero-order valence-corrected chi connectivity index (χ0v) is 21.6. The average Bonchev–Trinajstić information content (AvgIpc) is 3.69. The van der Waals surface area contributed by atoms with E-state index in [9.17, 15) is 4.79 Å². The van der Waals surface area contributed by atoms with Crippen molar-refractivity contribution in [1.29, 1.82) is 0 Å². The third kappa shape index (κ3) is 4.52. The Kier molecular flexibility index (Phi) is 6.12. The van der Waals surface area contributed by atoms with Crippen LogP contribution >= 0.6 is 0 Å². The zero-order chi connectivity index (χ0) is 26.2. The topological polar surface area (TPSA) is 84.2 Å². The Labute approximate surface area is 221 Å². The van der Waals surface area contributed by atoms with Gasteiger partial charge in [0.15, 0.2) is 5.65 Å². The van der Waals surface area contributed by atoms with Crippen LogP contribution in [0.25, 0.3) is 27.7 Å². The molecule has 0 spiro atoms. The molecule has 190 valence electrons. The number of anilines is 2. The van der Waals surface area contributed by atoms with Gasteiger partial charge in [-0.1, -0.05) is 50.8 Å². The Balaban J connectivity index is 1.35. The van der Waals surface area contributed by atoms with Crippen LogP contribution in [0.2, 0.25) is 0 Å². The average molecular weight is 503 g/mol. The van der Waals surface area contributed by atoms with Gasteiger partial charge in [0.05, 0.1) is 11.9 Å². The van der Waals surface area contributed by atoms with Gasteiger partial charge in [0, 0.05) is 52.6 Å². The predicted octanol–water partition coefficient (Wildman–Crippen LogP) is 6.68. The molecule has 38 heavy (non-hydrogen) atoms. The van der Waals surface area contributed by atoms with E-state index in [4.69, 9.17) is 9.97 Å². The number of nitrogens with zero attached hydrogens (tertiary/aromatic N) is 4. The van der Waals surface area contributed by atoms with Gasteiger partial charge in [-0.05, 0) is 54.0 Å². The Hall–Kier alpha value is -4.52. The molecular weight excluding hydrogens is 472 g/mol. The molecule has 2 aromatic carbocycles. The van der Waals surface area contributed by atoms with Gasteiger partial charge in [-0.2, -0.15) is 9.61 Å². The van der Waals surface area contributed by atoms with Gasteiger partial charge in [0.25, 0.3) is 0 Å². The Morgan fingerprint density at radius 1 is 1.16 bits per heavy atom. The summed E-state index contributed by atoms with van der Waals surface area (Å²) in [6.07, 6.45) is 7.41. The zero-order valence-electron chi connectivity index (χ0n) is 21.6. The molecule has 6 rings (SSSR count). The number of carbonyl (C=O) groups is 1. The number of hydrogen-bond acceptors (Lipinski definition) is 5. The lowest BCUT2D eigenvalue weighted by Gasteiger charge is -2.15. The highest BCUT2D eigenvalue weighted by Gasteiger charge is 2.27. The van der Waals surface area contributed by atoms with Gasteiger partial charge in [0.1, 0.15) is 5.82 Å². The highest BCUT2D eigenvalue weighted by atomic mass is 16.1. The van der Waals surface area contributed by atoms with Crippen molar-refractivity contribution >= 4 is 33.8 Å². The first-order valence-electron chi connectivity index (χ1n) is 13.0. The van der Waals surface area contributed by atoms with Crippen molar-refractivity contribution in [3.63, 3.8) is 0 Å². The van der Waals surface area contributed by atoms with Crippen LogP contribution in [-0.2, 0) is 11.3 Å². The van der Waals surface area contributed by atoms with Crippen LogP contribution in [0.4, 0.5) is 11.5 Å². The quantitative estimate of drug-likeness (QED) is 0.231. The van der Waals surface area contributed by atoms with Crippen molar-refractivity contribution in [3.8, 4) is 11.3 Å². The van der Waals surface area contributed by atoms with Crippen molar-refractivity contribution in [2.24, 2.45) is 0 Å². The Morgan fingerprint density at radius 3 is 2.79 bits per heavy atom. The molecule has 0 atom stereocenters. The van der Waals surface area contributed by atoms with Crippen LogP contribution in [0.5, 0.6) is 0 Å². The van der Waals surface area contributed by atoms with Crippen LogP contribution in [0, 0.1) is 0 Å². The van der Waals surface area contributed by atoms with Gasteiger partial charge in [0.2, 0.25) is 5.91 Å². The fourth-order valence-corrected chi connectivity index (χ4v) is 4.87. The van der Waals surface area contributed by atoms with Crippen LogP contribution < -0.4 is 10.6 Å². The Bertz CT molecular complexity index is 1680. The summed E-state index contributed by atoms with van der Waals surface area (Å²) in [5.74, 6) is 1.62. The SMILES string of the molecule is C=CC(=O)Nc1ccc2c(-c3ccccc3CNc3cc(C4CC4)nc4c(C(C)C)cnn34)nccc2c1. The van der Waals surface area contributed by atoms with Crippen molar-refractivity contribution in [2.45, 2.75) is 45.1 Å². The first-order valence-corrected chi connectivity index (χ1v) is 13.0. The standard InChI is InChI=1S/C31H30N6O/c1-4-29(38)35-23-11-12-25-21(15-23)13-14-32-30(25)24-8-6-5-7-22(24)17-33-28-16-27(20-9-10-20)36-31-26(19(2)3)18-34-37(28)31/h4-8,11-16,18-20,33H,1,9-10,17H2,2-3H3,(H,35,38). The molecule has 2 N–H and O–H groups in total. The van der Waals surface area contributed by atoms with Crippen molar-refractivity contribution in [2.75, 3.05) is 10.6 Å². The smallest absolute Gasteiger partial charge is 0.247 e. The summed E-state index contributed by atoms with van der Waals surface area (Å²) in [7, 11) is 0. The largest absolute Gasteiger partial charge is 0.366 e. The van der Waals surface area contributed by atoms with E-state index < -0.39 is 0 Å². The van der Waals surface area contributed by atoms with E-state index >= 15 is 0 Å². The number of aromatic nitrogens is 4. The van der Waals surface area contributed by atoms with Crippen LogP contribution in [0.3, 0.4) is 0 Å². The second-order valence-electron chi connectivity index (χ2n) is 10.1. The highest BCUT2D eigenvalue weighted by molar-refractivity contribution is 6.02. The first-order chi connectivity index (χ1) is 18.5. The number of nitrogens with one attached hydrogen (secondary N) is 2. The number of amides is 1. The summed E-state index contributed by atoms with van der Waals surface area (Å²) in [6, 6.07) is 18.3. The van der Waals surface area contributed by atoms with Crippen LogP contribution in [0.15, 0.2) is 79.6 Å². The molecule has 1 saturated carbocycles. The summed E-state index contributed by atoms with van der Waals surface area (Å²) in [5.41, 5.74) is 7.07. The van der Waals surface area contributed by atoms with Crippen molar-refractivity contribution in [1.82, 2.24) is 19.6 Å². The lowest BCUT2D eigenvalue weighted by molar-refractivity contribution is -0.111. The van der Waals surface area contributed by atoms with Gasteiger partial charge >= 0.3 is 0 Å². The fraction of sp³-hybridized carbons (Fsp3) is 0.226. The maximum absolute atomic E-state index is 11.8. The molecule has 1 fully saturated rings. The molecule has 3 aromatic heterocycles. The highest BCUT2D eigenvalue weighted by Crippen LogP contribution is 2.40. The molecule has 0 aliphatic heterocycles. The van der Waals surface area contributed by atoms with E-state index in [1.54, 1.807) is 0 Å². The number of fused-ring (bicyclic) bond motifs is 2. The number of pyridine rings is 1. The maximum atomic E-state index is 11.8. The summed E-state index contributed by atoms with van der Waals surface area (Å²) in [4.78, 5) is 21.5. The third-order valence-corrected chi connectivity index (χ3v) is 7.09. The molecule has 7 heteroatoms. The molecule has 0 radical (unpaired) electrons. The minimum atomic E-state index is -0.234. The molecule has 5 aromatic rings. The minimum Gasteiger partial charge on any atom is -0.366 e. The first kappa shape index (κ1) is 23.9. The molecular formula is C31H30N6O. The van der Waals surface area contributed by atoms with Gasteiger partial charge < -0.3 is 10.6 Å². The molecule has 0 unspecified atom stereocenters. The Morgan fingerprint density at radius 2 is 2.00 bits per heavy atom. The summed E-state index contributed by atoms with van der Waals surface area (Å²) >= 11 is 0. The molecule has 3 heterocycles. The lowest BCUT2D eigenvalue weighted by atomic mass is 9.99. The number of rotatable bonds is 8. The van der Waals surface area contributed by atoms with E-state index in [2.05, 4.69) is 60.4 Å². The molecule has 7 nitrogen and oxygen atoms in total. The molecule has 1 amide bonds. The molecule has 0 saturated heterocycles. The second kappa shape index (κ2) is 9.74. The van der Waals surface area contributed by atoms with Crippen LogP contribution in [-0.4, -0.2) is 25.5 Å². The van der Waals surface area contributed by atoms with E-state index in [0.717, 1.165) is 50.4 Å². The van der Waals surface area contributed by atoms with Crippen molar-refractivity contribution in [3.05, 3.63) is 96.5 Å². The maximum Gasteiger partial charge on any atom is 0.247 e. The predicted molar refractivity (Wildman–Crippen MR) is 152 cm³/mol. The molecule has 1 aliphatic rings. The number of hydrogen-bond donors (Lipinski definition) is 2. The van der Waals surface area contributed by atoms with Gasteiger partial charge in [-0.15, -0.1) is 0 Å². The summed E-state index contributed by atoms with van der Waals surface area (Å²) in [5, 5.41) is 13.2. The molecule has 0 bridgehead atoms. The summed E-state index contributed by atoms with van der Waals surface area (Å²) in [6.45, 7) is 8.50. The second-order valence-corrected chi connectivity index (χ2v) is 10.1. The normalized spacial score (nSPS) is 13.2. The third-order valence-electron chi connectivity index (χ3n) is 7.09. The van der Waals surface area contributed by atoms with E-state index in [-0.39, 0.29) is 5.91 Å². The van der Waals surface area contributed by atoms with Crippen LogP contribution in [0.1, 0.15) is 55.3 Å². The molecule has 1 aliphatic carbocycles. The van der Waals surface area contributed by atoms with Crippen molar-refractivity contribution < 1.29 is 4.79 Å². The van der Waals surface area contributed by atoms with E-state index in [0.29, 0.717) is 18.4 Å². The lowest BCUT2D eigenvalue weighted by Crippen LogP contribution is -2.09. The van der Waals surface area contributed by atoms with Gasteiger partial charge in [-0.3, -0.25) is 9.78 Å². The van der Waals surface area contributed by atoms with Gasteiger partial charge in [-0.25, -0.2) is 4.98 Å². The minimum absolute atomic E-state index is 0.234. The fourth-order valence-electron chi connectivity index (χ4n) is 4.87. The number of carbonyl (C=O) groups excluding carboxylic acids is 1. The summed E-state index contributed by atoms with van der Waals surface area (Å²) < 4.78 is 1.93. The number of benzene rings is 2. The van der Waals surface area contributed by atoms with E-state index in [1.165, 1.54) is 24.5 Å². The monoisotopic (exact) mass is 502 g/mol. The van der Waals surface area contributed by atoms with E-state index in [1.807, 2.05) is 47.2 Å².